The molecule has 0 aliphatic heterocycles. The summed E-state index contributed by atoms with van der Waals surface area (Å²) in [5.74, 6) is 1.28. The van der Waals surface area contributed by atoms with E-state index < -0.39 is 5.91 Å². The van der Waals surface area contributed by atoms with Crippen LogP contribution in [0.4, 0.5) is 5.69 Å². The highest BCUT2D eigenvalue weighted by atomic mass is 32.2. The molecule has 1 aliphatic carbocycles. The second-order valence-electron chi connectivity index (χ2n) is 4.42. The molecule has 0 spiro atoms. The summed E-state index contributed by atoms with van der Waals surface area (Å²) < 4.78 is 0. The Labute approximate surface area is 105 Å². The smallest absolute Gasteiger partial charge is 0.267 e. The first kappa shape index (κ1) is 12.2. The number of primary amides is 1. The maximum atomic E-state index is 11.0. The second-order valence-corrected chi connectivity index (χ2v) is 5.43. The van der Waals surface area contributed by atoms with Gasteiger partial charge in [0.2, 0.25) is 0 Å². The molecule has 0 radical (unpaired) electrons. The third kappa shape index (κ3) is 3.12. The van der Waals surface area contributed by atoms with E-state index in [9.17, 15) is 4.79 Å². The van der Waals surface area contributed by atoms with Crippen molar-refractivity contribution in [1.82, 2.24) is 4.98 Å². The summed E-state index contributed by atoms with van der Waals surface area (Å²) in [5.41, 5.74) is 11.9. The van der Waals surface area contributed by atoms with Gasteiger partial charge in [0, 0.05) is 5.75 Å². The molecule has 0 bridgehead atoms. The molecular weight excluding hydrogens is 234 g/mol. The van der Waals surface area contributed by atoms with E-state index in [1.54, 1.807) is 23.9 Å². The number of thioether (sulfide) groups is 1. The van der Waals surface area contributed by atoms with Crippen LogP contribution < -0.4 is 11.5 Å². The van der Waals surface area contributed by atoms with Crippen molar-refractivity contribution in [1.29, 1.82) is 0 Å². The zero-order valence-corrected chi connectivity index (χ0v) is 10.5. The van der Waals surface area contributed by atoms with Crippen molar-refractivity contribution in [2.45, 2.75) is 30.7 Å². The standard InChI is InChI=1S/C12H17N3OS/c13-9-5-6-10(11(14)16)15-12(9)17-7-8-3-1-2-4-8/h5-6,8H,1-4,7,13H2,(H2,14,16). The fourth-order valence-corrected chi connectivity index (χ4v) is 3.20. The lowest BCUT2D eigenvalue weighted by atomic mass is 10.1. The van der Waals surface area contributed by atoms with Crippen molar-refractivity contribution < 1.29 is 4.79 Å². The molecular formula is C12H17N3OS. The minimum Gasteiger partial charge on any atom is -0.397 e. The van der Waals surface area contributed by atoms with Crippen LogP contribution >= 0.6 is 11.8 Å². The number of hydrogen-bond acceptors (Lipinski definition) is 4. The van der Waals surface area contributed by atoms with Crippen molar-refractivity contribution in [2.75, 3.05) is 11.5 Å². The molecule has 17 heavy (non-hydrogen) atoms. The highest BCUT2D eigenvalue weighted by Gasteiger charge is 2.16. The molecule has 1 amide bonds. The van der Waals surface area contributed by atoms with Crippen molar-refractivity contribution >= 4 is 23.4 Å². The first-order valence-electron chi connectivity index (χ1n) is 5.86. The van der Waals surface area contributed by atoms with Gasteiger partial charge < -0.3 is 11.5 Å². The molecule has 0 aromatic carbocycles. The lowest BCUT2D eigenvalue weighted by Gasteiger charge is -2.09. The van der Waals surface area contributed by atoms with E-state index in [-0.39, 0.29) is 5.69 Å². The minimum atomic E-state index is -0.507. The molecule has 4 N–H and O–H groups in total. The van der Waals surface area contributed by atoms with Crippen LogP contribution in [-0.2, 0) is 0 Å². The van der Waals surface area contributed by atoms with E-state index in [2.05, 4.69) is 4.98 Å². The molecule has 4 nitrogen and oxygen atoms in total. The zero-order chi connectivity index (χ0) is 12.3. The summed E-state index contributed by atoms with van der Waals surface area (Å²) in [6.45, 7) is 0. The Kier molecular flexibility index (Phi) is 3.89. The highest BCUT2D eigenvalue weighted by Crippen LogP contribution is 2.32. The lowest BCUT2D eigenvalue weighted by molar-refractivity contribution is 0.0995. The van der Waals surface area contributed by atoms with Crippen LogP contribution in [-0.4, -0.2) is 16.6 Å². The molecule has 0 unspecified atom stereocenters. The number of pyridine rings is 1. The third-order valence-electron chi connectivity index (χ3n) is 3.07. The molecule has 1 fully saturated rings. The molecule has 1 heterocycles. The fourth-order valence-electron chi connectivity index (χ4n) is 2.08. The van der Waals surface area contributed by atoms with Crippen molar-refractivity contribution in [3.63, 3.8) is 0 Å². The van der Waals surface area contributed by atoms with E-state index in [0.29, 0.717) is 5.69 Å². The van der Waals surface area contributed by atoms with E-state index in [0.717, 1.165) is 16.7 Å². The first-order valence-corrected chi connectivity index (χ1v) is 6.84. The predicted octanol–water partition coefficient (Wildman–Crippen LogP) is 2.04. The monoisotopic (exact) mass is 251 g/mol. The summed E-state index contributed by atoms with van der Waals surface area (Å²) >= 11 is 1.63. The number of rotatable bonds is 4. The normalized spacial score (nSPS) is 16.2. The quantitative estimate of drug-likeness (QED) is 0.802. The molecule has 1 aromatic rings. The zero-order valence-electron chi connectivity index (χ0n) is 9.69. The van der Waals surface area contributed by atoms with E-state index >= 15 is 0 Å². The van der Waals surface area contributed by atoms with Gasteiger partial charge in [-0.05, 0) is 30.9 Å². The molecule has 0 saturated heterocycles. The van der Waals surface area contributed by atoms with Gasteiger partial charge in [-0.2, -0.15) is 0 Å². The average molecular weight is 251 g/mol. The second kappa shape index (κ2) is 5.40. The van der Waals surface area contributed by atoms with Gasteiger partial charge in [0.15, 0.2) is 0 Å². The van der Waals surface area contributed by atoms with Crippen LogP contribution in [0, 0.1) is 5.92 Å². The molecule has 2 rings (SSSR count). The summed E-state index contributed by atoms with van der Waals surface area (Å²) in [5, 5.41) is 0.730. The lowest BCUT2D eigenvalue weighted by Crippen LogP contribution is -2.13. The van der Waals surface area contributed by atoms with Crippen LogP contribution in [0.25, 0.3) is 0 Å². The largest absolute Gasteiger partial charge is 0.397 e. The third-order valence-corrected chi connectivity index (χ3v) is 4.31. The summed E-state index contributed by atoms with van der Waals surface area (Å²) in [4.78, 5) is 15.2. The van der Waals surface area contributed by atoms with Gasteiger partial charge in [-0.15, -0.1) is 11.8 Å². The van der Waals surface area contributed by atoms with Crippen LogP contribution in [0.1, 0.15) is 36.2 Å². The van der Waals surface area contributed by atoms with E-state index in [4.69, 9.17) is 11.5 Å². The SMILES string of the molecule is NC(=O)c1ccc(N)c(SCC2CCCC2)n1. The molecule has 1 saturated carbocycles. The predicted molar refractivity (Wildman–Crippen MR) is 69.8 cm³/mol. The van der Waals surface area contributed by atoms with Gasteiger partial charge in [0.1, 0.15) is 10.7 Å². The van der Waals surface area contributed by atoms with Crippen LogP contribution in [0.2, 0.25) is 0 Å². The number of aromatic nitrogens is 1. The topological polar surface area (TPSA) is 82.0 Å². The number of carbonyl (C=O) groups is 1. The Bertz CT molecular complexity index is 416. The van der Waals surface area contributed by atoms with Gasteiger partial charge >= 0.3 is 0 Å². The van der Waals surface area contributed by atoms with Crippen molar-refractivity contribution in [3.05, 3.63) is 17.8 Å². The van der Waals surface area contributed by atoms with Gasteiger partial charge in [-0.25, -0.2) is 4.98 Å². The molecule has 92 valence electrons. The molecule has 5 heteroatoms. The summed E-state index contributed by atoms with van der Waals surface area (Å²) in [7, 11) is 0. The van der Waals surface area contributed by atoms with Crippen molar-refractivity contribution in [2.24, 2.45) is 11.7 Å². The van der Waals surface area contributed by atoms with Gasteiger partial charge in [0.25, 0.3) is 5.91 Å². The Morgan fingerprint density at radius 1 is 1.41 bits per heavy atom. The average Bonchev–Trinajstić information content (AvgIpc) is 2.80. The Morgan fingerprint density at radius 3 is 2.76 bits per heavy atom. The number of carbonyl (C=O) groups excluding carboxylic acids is 1. The van der Waals surface area contributed by atoms with E-state index in [1.807, 2.05) is 0 Å². The van der Waals surface area contributed by atoms with E-state index in [1.165, 1.54) is 25.7 Å². The van der Waals surface area contributed by atoms with Crippen LogP contribution in [0.15, 0.2) is 17.2 Å². The maximum absolute atomic E-state index is 11.0. The number of nitrogens with two attached hydrogens (primary N) is 2. The van der Waals surface area contributed by atoms with Gasteiger partial charge in [-0.1, -0.05) is 12.8 Å². The molecule has 1 aliphatic rings. The van der Waals surface area contributed by atoms with Crippen LogP contribution in [0.5, 0.6) is 0 Å². The van der Waals surface area contributed by atoms with Gasteiger partial charge in [-0.3, -0.25) is 4.79 Å². The fraction of sp³-hybridized carbons (Fsp3) is 0.500. The number of anilines is 1. The Hall–Kier alpha value is -1.23. The Morgan fingerprint density at radius 2 is 2.12 bits per heavy atom. The molecule has 0 atom stereocenters. The van der Waals surface area contributed by atoms with Gasteiger partial charge in [0.05, 0.1) is 5.69 Å². The first-order chi connectivity index (χ1) is 8.16. The number of nitrogen functional groups attached to an aromatic ring is 1. The number of hydrogen-bond donors (Lipinski definition) is 2. The Balaban J connectivity index is 2.03. The number of nitrogens with zero attached hydrogens (tertiary/aromatic N) is 1. The van der Waals surface area contributed by atoms with Crippen LogP contribution in [0.3, 0.4) is 0 Å². The summed E-state index contributed by atoms with van der Waals surface area (Å²) in [6.07, 6.45) is 5.25. The minimum absolute atomic E-state index is 0.285. The summed E-state index contributed by atoms with van der Waals surface area (Å²) in [6, 6.07) is 3.27. The van der Waals surface area contributed by atoms with Crippen molar-refractivity contribution in [3.8, 4) is 0 Å². The highest BCUT2D eigenvalue weighted by molar-refractivity contribution is 7.99. The maximum Gasteiger partial charge on any atom is 0.267 e. The molecule has 1 aromatic heterocycles. The number of amides is 1.